The van der Waals surface area contributed by atoms with E-state index in [-0.39, 0.29) is 0 Å². The van der Waals surface area contributed by atoms with Gasteiger partial charge in [-0.2, -0.15) is 0 Å². The molecule has 0 aliphatic carbocycles. The number of nitrogen functional groups attached to an aromatic ring is 1. The molecular formula is C15H18N2O2S. The van der Waals surface area contributed by atoms with E-state index in [2.05, 4.69) is 5.32 Å². The molecule has 106 valence electrons. The Morgan fingerprint density at radius 1 is 1.10 bits per heavy atom. The van der Waals surface area contributed by atoms with Gasteiger partial charge >= 0.3 is 0 Å². The minimum Gasteiger partial charge on any atom is -0.399 e. The monoisotopic (exact) mass is 290 g/mol. The highest BCUT2D eigenvalue weighted by atomic mass is 32.2. The van der Waals surface area contributed by atoms with Crippen molar-refractivity contribution in [3.05, 3.63) is 53.6 Å². The third kappa shape index (κ3) is 3.74. The van der Waals surface area contributed by atoms with E-state index in [0.29, 0.717) is 11.4 Å². The van der Waals surface area contributed by atoms with Gasteiger partial charge in [-0.3, -0.25) is 0 Å². The minimum atomic E-state index is -3.13. The van der Waals surface area contributed by atoms with Crippen LogP contribution in [-0.4, -0.2) is 14.7 Å². The molecular weight excluding hydrogens is 272 g/mol. The lowest BCUT2D eigenvalue weighted by molar-refractivity contribution is 0.602. The van der Waals surface area contributed by atoms with Gasteiger partial charge in [0.1, 0.15) is 0 Å². The van der Waals surface area contributed by atoms with Crippen molar-refractivity contribution in [3.8, 4) is 0 Å². The van der Waals surface area contributed by atoms with E-state index in [1.807, 2.05) is 37.3 Å². The molecule has 5 heteroatoms. The van der Waals surface area contributed by atoms with Gasteiger partial charge in [-0.05, 0) is 48.4 Å². The number of benzene rings is 2. The average Bonchev–Trinajstić information content (AvgIpc) is 2.35. The molecule has 2 aromatic carbocycles. The van der Waals surface area contributed by atoms with Gasteiger partial charge in [-0.15, -0.1) is 0 Å². The summed E-state index contributed by atoms with van der Waals surface area (Å²) in [6, 6.07) is 12.7. The summed E-state index contributed by atoms with van der Waals surface area (Å²) >= 11 is 0. The first-order valence-corrected chi connectivity index (χ1v) is 8.14. The van der Waals surface area contributed by atoms with Crippen LogP contribution >= 0.6 is 0 Å². The summed E-state index contributed by atoms with van der Waals surface area (Å²) in [6.07, 6.45) is 1.20. The first kappa shape index (κ1) is 14.4. The Kier molecular flexibility index (Phi) is 3.99. The van der Waals surface area contributed by atoms with Crippen LogP contribution in [0.25, 0.3) is 0 Å². The summed E-state index contributed by atoms with van der Waals surface area (Å²) in [6.45, 7) is 2.61. The topological polar surface area (TPSA) is 72.2 Å². The number of rotatable bonds is 4. The molecule has 0 atom stereocenters. The predicted octanol–water partition coefficient (Wildman–Crippen LogP) is 2.59. The van der Waals surface area contributed by atoms with E-state index in [9.17, 15) is 8.42 Å². The van der Waals surface area contributed by atoms with E-state index in [4.69, 9.17) is 5.73 Å². The molecule has 0 unspecified atom stereocenters. The second-order valence-corrected chi connectivity index (χ2v) is 6.92. The van der Waals surface area contributed by atoms with Gasteiger partial charge in [-0.1, -0.05) is 12.1 Å². The fourth-order valence-electron chi connectivity index (χ4n) is 1.97. The van der Waals surface area contributed by atoms with Gasteiger partial charge in [0.25, 0.3) is 0 Å². The smallest absolute Gasteiger partial charge is 0.175 e. The van der Waals surface area contributed by atoms with Crippen LogP contribution in [0.1, 0.15) is 11.1 Å². The zero-order valence-electron chi connectivity index (χ0n) is 11.6. The van der Waals surface area contributed by atoms with Gasteiger partial charge in [0, 0.05) is 24.2 Å². The van der Waals surface area contributed by atoms with Crippen molar-refractivity contribution in [3.63, 3.8) is 0 Å². The number of anilines is 2. The summed E-state index contributed by atoms with van der Waals surface area (Å²) in [5.41, 5.74) is 9.57. The van der Waals surface area contributed by atoms with Gasteiger partial charge in [0.2, 0.25) is 0 Å². The molecule has 2 rings (SSSR count). The average molecular weight is 290 g/mol. The van der Waals surface area contributed by atoms with Crippen molar-refractivity contribution in [1.82, 2.24) is 0 Å². The summed E-state index contributed by atoms with van der Waals surface area (Å²) in [7, 11) is -3.13. The maximum atomic E-state index is 11.4. The van der Waals surface area contributed by atoms with Gasteiger partial charge in [0.15, 0.2) is 9.84 Å². The van der Waals surface area contributed by atoms with Crippen molar-refractivity contribution in [2.45, 2.75) is 18.4 Å². The fraction of sp³-hybridized carbons (Fsp3) is 0.200. The van der Waals surface area contributed by atoms with Crippen LogP contribution in [0.2, 0.25) is 0 Å². The minimum absolute atomic E-state index is 0.334. The fourth-order valence-corrected chi connectivity index (χ4v) is 2.60. The third-order valence-electron chi connectivity index (χ3n) is 2.95. The number of sulfone groups is 1. The highest BCUT2D eigenvalue weighted by Gasteiger charge is 2.06. The zero-order chi connectivity index (χ0) is 14.8. The molecule has 0 fully saturated rings. The summed E-state index contributed by atoms with van der Waals surface area (Å²) in [5.74, 6) is 0. The molecule has 2 aromatic rings. The molecule has 4 nitrogen and oxygen atoms in total. The number of nitrogens with one attached hydrogen (secondary N) is 1. The first-order valence-electron chi connectivity index (χ1n) is 6.24. The Bertz CT molecular complexity index is 687. The molecule has 20 heavy (non-hydrogen) atoms. The molecule has 0 radical (unpaired) electrons. The predicted molar refractivity (Wildman–Crippen MR) is 82.5 cm³/mol. The van der Waals surface area contributed by atoms with Crippen LogP contribution < -0.4 is 11.1 Å². The van der Waals surface area contributed by atoms with E-state index in [1.165, 1.54) is 6.26 Å². The van der Waals surface area contributed by atoms with Crippen LogP contribution in [0.15, 0.2) is 47.4 Å². The largest absolute Gasteiger partial charge is 0.399 e. The summed E-state index contributed by atoms with van der Waals surface area (Å²) < 4.78 is 22.7. The molecule has 0 saturated carbocycles. The second-order valence-electron chi connectivity index (χ2n) is 4.90. The first-order chi connectivity index (χ1) is 9.34. The number of aryl methyl sites for hydroxylation is 1. The molecule has 0 bridgehead atoms. The Morgan fingerprint density at radius 2 is 1.75 bits per heavy atom. The maximum absolute atomic E-state index is 11.4. The molecule has 0 saturated heterocycles. The highest BCUT2D eigenvalue weighted by Crippen LogP contribution is 2.17. The Hall–Kier alpha value is -2.01. The molecule has 3 N–H and O–H groups in total. The van der Waals surface area contributed by atoms with Gasteiger partial charge in [0.05, 0.1) is 4.90 Å². The lowest BCUT2D eigenvalue weighted by Gasteiger charge is -2.09. The third-order valence-corrected chi connectivity index (χ3v) is 4.08. The number of hydrogen-bond donors (Lipinski definition) is 2. The van der Waals surface area contributed by atoms with Crippen LogP contribution in [0.4, 0.5) is 11.4 Å². The Morgan fingerprint density at radius 3 is 2.30 bits per heavy atom. The zero-order valence-corrected chi connectivity index (χ0v) is 12.4. The lowest BCUT2D eigenvalue weighted by atomic mass is 10.2. The Balaban J connectivity index is 2.07. The van der Waals surface area contributed by atoms with Crippen LogP contribution in [0, 0.1) is 6.92 Å². The van der Waals surface area contributed by atoms with E-state index in [0.717, 1.165) is 22.5 Å². The normalized spacial score (nSPS) is 11.3. The van der Waals surface area contributed by atoms with Crippen LogP contribution in [0.3, 0.4) is 0 Å². The van der Waals surface area contributed by atoms with Crippen molar-refractivity contribution in [1.29, 1.82) is 0 Å². The molecule has 0 heterocycles. The number of hydrogen-bond acceptors (Lipinski definition) is 4. The molecule has 0 aromatic heterocycles. The lowest BCUT2D eigenvalue weighted by Crippen LogP contribution is -2.02. The molecule has 0 aliphatic rings. The van der Waals surface area contributed by atoms with E-state index in [1.54, 1.807) is 12.1 Å². The summed E-state index contributed by atoms with van der Waals surface area (Å²) in [5, 5.41) is 3.27. The van der Waals surface area contributed by atoms with E-state index < -0.39 is 9.84 Å². The molecule has 0 aliphatic heterocycles. The van der Waals surface area contributed by atoms with Crippen molar-refractivity contribution in [2.75, 3.05) is 17.3 Å². The standard InChI is InChI=1S/C15H18N2O2S/c1-11-7-13(16)9-14(8-11)17-10-12-3-5-15(6-4-12)20(2,18)19/h3-9,17H,10,16H2,1-2H3. The van der Waals surface area contributed by atoms with Crippen molar-refractivity contribution in [2.24, 2.45) is 0 Å². The SMILES string of the molecule is Cc1cc(N)cc(NCc2ccc(S(C)(=O)=O)cc2)c1. The van der Waals surface area contributed by atoms with Gasteiger partial charge in [-0.25, -0.2) is 8.42 Å². The highest BCUT2D eigenvalue weighted by molar-refractivity contribution is 7.90. The number of nitrogens with two attached hydrogens (primary N) is 1. The summed E-state index contributed by atoms with van der Waals surface area (Å²) in [4.78, 5) is 0.334. The van der Waals surface area contributed by atoms with Crippen molar-refractivity contribution >= 4 is 21.2 Å². The van der Waals surface area contributed by atoms with E-state index >= 15 is 0 Å². The van der Waals surface area contributed by atoms with Crippen LogP contribution in [0.5, 0.6) is 0 Å². The quantitative estimate of drug-likeness (QED) is 0.849. The van der Waals surface area contributed by atoms with Crippen molar-refractivity contribution < 1.29 is 8.42 Å². The van der Waals surface area contributed by atoms with Gasteiger partial charge < -0.3 is 11.1 Å². The molecule has 0 amide bonds. The Labute approximate surface area is 119 Å². The second kappa shape index (κ2) is 5.54. The molecule has 0 spiro atoms. The van der Waals surface area contributed by atoms with Crippen LogP contribution in [-0.2, 0) is 16.4 Å². The maximum Gasteiger partial charge on any atom is 0.175 e.